The molecule has 1 heterocycles. The Morgan fingerprint density at radius 2 is 1.78 bits per heavy atom. The van der Waals surface area contributed by atoms with Gasteiger partial charge in [0.05, 0.1) is 0 Å². The molecule has 0 spiro atoms. The summed E-state index contributed by atoms with van der Waals surface area (Å²) in [5.74, 6) is 1.10. The van der Waals surface area contributed by atoms with Crippen molar-refractivity contribution in [2.45, 2.75) is 77.2 Å². The van der Waals surface area contributed by atoms with Crippen molar-refractivity contribution in [3.8, 4) is 0 Å². The highest BCUT2D eigenvalue weighted by molar-refractivity contribution is 7.80. The Kier molecular flexibility index (Phi) is 5.88. The maximum absolute atomic E-state index is 4.71. The van der Waals surface area contributed by atoms with Gasteiger partial charge in [-0.3, -0.25) is 4.90 Å². The molecule has 1 saturated heterocycles. The summed E-state index contributed by atoms with van der Waals surface area (Å²) in [5.41, 5.74) is 0.541. The fourth-order valence-corrected chi connectivity index (χ4v) is 4.42. The smallest absolute Gasteiger partial charge is 0.00928 e. The van der Waals surface area contributed by atoms with Gasteiger partial charge in [0, 0.05) is 12.6 Å². The molecule has 0 bridgehead atoms. The molecule has 1 atom stereocenters. The summed E-state index contributed by atoms with van der Waals surface area (Å²) in [6.45, 7) is 5.04. The van der Waals surface area contributed by atoms with Crippen LogP contribution in [0.2, 0.25) is 0 Å². The average Bonchev–Trinajstić information content (AvgIpc) is 2.65. The van der Waals surface area contributed by atoms with E-state index in [1.54, 1.807) is 0 Å². The van der Waals surface area contributed by atoms with Crippen molar-refractivity contribution in [1.82, 2.24) is 4.90 Å². The first-order valence-electron chi connectivity index (χ1n) is 8.14. The second-order valence-electron chi connectivity index (χ2n) is 6.60. The zero-order valence-corrected chi connectivity index (χ0v) is 13.1. The number of nitrogens with zero attached hydrogens (tertiary/aromatic N) is 1. The molecule has 1 unspecified atom stereocenters. The molecule has 0 N–H and O–H groups in total. The molecule has 106 valence electrons. The van der Waals surface area contributed by atoms with Gasteiger partial charge < -0.3 is 0 Å². The number of hydrogen-bond acceptors (Lipinski definition) is 2. The van der Waals surface area contributed by atoms with Crippen molar-refractivity contribution in [3.63, 3.8) is 0 Å². The molecule has 2 heteroatoms. The topological polar surface area (TPSA) is 3.24 Å². The minimum Gasteiger partial charge on any atom is -0.300 e. The van der Waals surface area contributed by atoms with Crippen LogP contribution >= 0.6 is 12.6 Å². The lowest BCUT2D eigenvalue weighted by Gasteiger charge is -2.42. The van der Waals surface area contributed by atoms with Crippen molar-refractivity contribution < 1.29 is 0 Å². The second kappa shape index (κ2) is 7.19. The highest BCUT2D eigenvalue weighted by atomic mass is 32.1. The Labute approximate surface area is 119 Å². The van der Waals surface area contributed by atoms with E-state index in [-0.39, 0.29) is 0 Å². The van der Waals surface area contributed by atoms with Gasteiger partial charge in [0.1, 0.15) is 0 Å². The molecule has 2 aliphatic rings. The lowest BCUT2D eigenvalue weighted by atomic mass is 9.75. The quantitative estimate of drug-likeness (QED) is 0.734. The third-order valence-electron chi connectivity index (χ3n) is 5.26. The van der Waals surface area contributed by atoms with Gasteiger partial charge in [-0.2, -0.15) is 12.6 Å². The molecule has 0 aromatic heterocycles. The first kappa shape index (κ1) is 14.7. The Balaban J connectivity index is 1.99. The van der Waals surface area contributed by atoms with Gasteiger partial charge in [-0.05, 0) is 49.8 Å². The van der Waals surface area contributed by atoms with Crippen LogP contribution in [0.15, 0.2) is 0 Å². The molecule has 0 amide bonds. The van der Waals surface area contributed by atoms with Crippen LogP contribution in [0.25, 0.3) is 0 Å². The summed E-state index contributed by atoms with van der Waals surface area (Å²) in [7, 11) is 0. The molecule has 1 aliphatic heterocycles. The van der Waals surface area contributed by atoms with Gasteiger partial charge in [-0.1, -0.05) is 39.0 Å². The van der Waals surface area contributed by atoms with Crippen LogP contribution in [0.3, 0.4) is 0 Å². The zero-order chi connectivity index (χ0) is 12.8. The number of likely N-dealkylation sites (tertiary alicyclic amines) is 1. The summed E-state index contributed by atoms with van der Waals surface area (Å²) in [6.07, 6.45) is 14.2. The van der Waals surface area contributed by atoms with E-state index in [4.69, 9.17) is 12.6 Å². The Morgan fingerprint density at radius 3 is 2.44 bits per heavy atom. The van der Waals surface area contributed by atoms with Gasteiger partial charge in [0.25, 0.3) is 0 Å². The van der Waals surface area contributed by atoms with E-state index in [9.17, 15) is 0 Å². The molecular weight excluding hydrogens is 238 g/mol. The summed E-state index contributed by atoms with van der Waals surface area (Å²) >= 11 is 4.71. The van der Waals surface area contributed by atoms with Gasteiger partial charge >= 0.3 is 0 Å². The minimum absolute atomic E-state index is 0.541. The van der Waals surface area contributed by atoms with E-state index in [1.165, 1.54) is 77.3 Å². The third-order valence-corrected chi connectivity index (χ3v) is 5.93. The van der Waals surface area contributed by atoms with E-state index in [0.717, 1.165) is 11.8 Å². The summed E-state index contributed by atoms with van der Waals surface area (Å²) < 4.78 is 0. The van der Waals surface area contributed by atoms with Crippen LogP contribution in [0, 0.1) is 5.41 Å². The van der Waals surface area contributed by atoms with Crippen molar-refractivity contribution in [3.05, 3.63) is 0 Å². The number of rotatable bonds is 4. The molecule has 1 nitrogen and oxygen atoms in total. The zero-order valence-electron chi connectivity index (χ0n) is 12.2. The Bertz CT molecular complexity index is 235. The molecule has 1 saturated carbocycles. The molecular formula is C16H31NS. The molecule has 18 heavy (non-hydrogen) atoms. The van der Waals surface area contributed by atoms with Gasteiger partial charge in [-0.25, -0.2) is 0 Å². The standard InChI is InChI=1S/C16H31NS/c1-2-15-9-5-3-8-12-17(15)13-16(14-18)10-6-4-7-11-16/h15,18H,2-14H2,1H3. The first-order valence-corrected chi connectivity index (χ1v) is 8.78. The molecule has 2 fully saturated rings. The largest absolute Gasteiger partial charge is 0.300 e. The van der Waals surface area contributed by atoms with Crippen molar-refractivity contribution in [1.29, 1.82) is 0 Å². The third kappa shape index (κ3) is 3.66. The molecule has 0 aromatic carbocycles. The predicted octanol–water partition coefficient (Wildman–Crippen LogP) is 4.52. The van der Waals surface area contributed by atoms with Crippen LogP contribution in [0.5, 0.6) is 0 Å². The maximum atomic E-state index is 4.71. The van der Waals surface area contributed by atoms with Crippen LogP contribution in [-0.2, 0) is 0 Å². The van der Waals surface area contributed by atoms with Crippen molar-refractivity contribution >= 4 is 12.6 Å². The molecule has 2 rings (SSSR count). The highest BCUT2D eigenvalue weighted by Crippen LogP contribution is 2.39. The SMILES string of the molecule is CCC1CCCCCN1CC1(CS)CCCCC1. The van der Waals surface area contributed by atoms with Gasteiger partial charge in [0.2, 0.25) is 0 Å². The normalized spacial score (nSPS) is 30.0. The van der Waals surface area contributed by atoms with E-state index >= 15 is 0 Å². The van der Waals surface area contributed by atoms with E-state index in [2.05, 4.69) is 11.8 Å². The first-order chi connectivity index (χ1) is 8.79. The molecule has 1 aliphatic carbocycles. The van der Waals surface area contributed by atoms with Gasteiger partial charge in [-0.15, -0.1) is 0 Å². The summed E-state index contributed by atoms with van der Waals surface area (Å²) in [6, 6.07) is 0.853. The van der Waals surface area contributed by atoms with Crippen LogP contribution in [0.1, 0.15) is 71.1 Å². The number of thiol groups is 1. The van der Waals surface area contributed by atoms with Gasteiger partial charge in [0.15, 0.2) is 0 Å². The van der Waals surface area contributed by atoms with Crippen molar-refractivity contribution in [2.75, 3.05) is 18.8 Å². The molecule has 0 aromatic rings. The molecule has 0 radical (unpaired) electrons. The van der Waals surface area contributed by atoms with E-state index < -0.39 is 0 Å². The fraction of sp³-hybridized carbons (Fsp3) is 1.00. The monoisotopic (exact) mass is 269 g/mol. The predicted molar refractivity (Wildman–Crippen MR) is 83.5 cm³/mol. The van der Waals surface area contributed by atoms with Crippen LogP contribution < -0.4 is 0 Å². The van der Waals surface area contributed by atoms with E-state index in [1.807, 2.05) is 0 Å². The Hall–Kier alpha value is 0.310. The Morgan fingerprint density at radius 1 is 1.06 bits per heavy atom. The average molecular weight is 269 g/mol. The summed E-state index contributed by atoms with van der Waals surface area (Å²) in [4.78, 5) is 2.83. The van der Waals surface area contributed by atoms with Crippen molar-refractivity contribution in [2.24, 2.45) is 5.41 Å². The summed E-state index contributed by atoms with van der Waals surface area (Å²) in [5, 5.41) is 0. The lowest BCUT2D eigenvalue weighted by Crippen LogP contribution is -2.45. The minimum atomic E-state index is 0.541. The maximum Gasteiger partial charge on any atom is 0.00928 e. The van der Waals surface area contributed by atoms with E-state index in [0.29, 0.717) is 5.41 Å². The van der Waals surface area contributed by atoms with Crippen LogP contribution in [-0.4, -0.2) is 29.8 Å². The lowest BCUT2D eigenvalue weighted by molar-refractivity contribution is 0.0921. The van der Waals surface area contributed by atoms with Crippen LogP contribution in [0.4, 0.5) is 0 Å². The number of hydrogen-bond donors (Lipinski definition) is 1. The fourth-order valence-electron chi connectivity index (χ4n) is 4.01. The second-order valence-corrected chi connectivity index (χ2v) is 6.92. The highest BCUT2D eigenvalue weighted by Gasteiger charge is 2.34.